The molecule has 1 atom stereocenters. The van der Waals surface area contributed by atoms with Gasteiger partial charge in [-0.3, -0.25) is 4.79 Å². The van der Waals surface area contributed by atoms with E-state index in [1.165, 1.54) is 17.0 Å². The molecule has 0 spiro atoms. The zero-order chi connectivity index (χ0) is 19.6. The van der Waals surface area contributed by atoms with Crippen LogP contribution in [0.3, 0.4) is 0 Å². The number of amides is 1. The van der Waals surface area contributed by atoms with E-state index in [0.29, 0.717) is 17.7 Å². The third kappa shape index (κ3) is 3.96. The molecule has 1 fully saturated rings. The highest BCUT2D eigenvalue weighted by molar-refractivity contribution is 5.95. The Bertz CT molecular complexity index is 822. The van der Waals surface area contributed by atoms with E-state index in [1.54, 1.807) is 0 Å². The molecular formula is C17H18F4N4O2. The van der Waals surface area contributed by atoms with Crippen molar-refractivity contribution in [3.05, 3.63) is 47.5 Å². The number of nitrogens with zero attached hydrogens (tertiary/aromatic N) is 3. The highest BCUT2D eigenvalue weighted by Crippen LogP contribution is 2.34. The van der Waals surface area contributed by atoms with Crippen LogP contribution in [0.2, 0.25) is 0 Å². The Labute approximate surface area is 152 Å². The van der Waals surface area contributed by atoms with Gasteiger partial charge in [0.1, 0.15) is 11.5 Å². The van der Waals surface area contributed by atoms with Gasteiger partial charge in [-0.2, -0.15) is 18.3 Å². The van der Waals surface area contributed by atoms with Crippen LogP contribution >= 0.6 is 0 Å². The largest absolute Gasteiger partial charge is 0.434 e. The van der Waals surface area contributed by atoms with E-state index in [-0.39, 0.29) is 25.3 Å². The lowest BCUT2D eigenvalue weighted by molar-refractivity contribution is -0.143. The number of carbonyl (C=O) groups excluding carboxylic acids is 1. The highest BCUT2D eigenvalue weighted by Gasteiger charge is 2.42. The van der Waals surface area contributed by atoms with E-state index in [0.717, 1.165) is 18.3 Å². The molecule has 10 heteroatoms. The Hall–Kier alpha value is -2.46. The Balaban J connectivity index is 2.03. The summed E-state index contributed by atoms with van der Waals surface area (Å²) in [5.74, 6) is -1.72. The minimum absolute atomic E-state index is 0.0809. The summed E-state index contributed by atoms with van der Waals surface area (Å²) in [6.07, 6.45) is -4.06. The van der Waals surface area contributed by atoms with Crippen molar-refractivity contribution in [3.8, 4) is 5.69 Å². The average Bonchev–Trinajstić information content (AvgIpc) is 2.93. The molecule has 6 nitrogen and oxygen atoms in total. The summed E-state index contributed by atoms with van der Waals surface area (Å²) in [5.41, 5.74) is 3.23. The van der Waals surface area contributed by atoms with Crippen molar-refractivity contribution in [3.63, 3.8) is 0 Å². The van der Waals surface area contributed by atoms with Gasteiger partial charge >= 0.3 is 6.18 Å². The van der Waals surface area contributed by atoms with Crippen LogP contribution in [0.5, 0.6) is 0 Å². The number of hydrogen-bond acceptors (Lipinski definition) is 4. The number of aromatic nitrogens is 2. The molecule has 1 aromatic heterocycles. The number of carbonyl (C=O) groups is 1. The van der Waals surface area contributed by atoms with E-state index in [1.807, 2.05) is 0 Å². The first-order chi connectivity index (χ1) is 12.8. The van der Waals surface area contributed by atoms with Crippen LogP contribution in [0.15, 0.2) is 30.5 Å². The molecule has 2 heterocycles. The van der Waals surface area contributed by atoms with E-state index >= 15 is 0 Å². The topological polar surface area (TPSA) is 73.4 Å². The molecule has 27 heavy (non-hydrogen) atoms. The van der Waals surface area contributed by atoms with Gasteiger partial charge in [0, 0.05) is 26.2 Å². The fourth-order valence-corrected chi connectivity index (χ4v) is 2.98. The number of alkyl halides is 3. The zero-order valence-corrected chi connectivity index (χ0v) is 14.2. The SMILES string of the molecule is NCC1CN(C(=O)c2cnn(-c3ccccc3F)c2C(F)(F)F)CCCO1. The van der Waals surface area contributed by atoms with Gasteiger partial charge in [0.2, 0.25) is 0 Å². The van der Waals surface area contributed by atoms with Gasteiger partial charge in [-0.25, -0.2) is 9.07 Å². The summed E-state index contributed by atoms with van der Waals surface area (Å²) in [7, 11) is 0. The molecule has 1 aliphatic heterocycles. The number of nitrogens with two attached hydrogens (primary N) is 1. The first-order valence-electron chi connectivity index (χ1n) is 8.34. The van der Waals surface area contributed by atoms with Gasteiger partial charge in [-0.05, 0) is 18.6 Å². The van der Waals surface area contributed by atoms with Crippen molar-refractivity contribution in [1.29, 1.82) is 0 Å². The van der Waals surface area contributed by atoms with Crippen molar-refractivity contribution in [2.24, 2.45) is 5.73 Å². The zero-order valence-electron chi connectivity index (χ0n) is 14.2. The first kappa shape index (κ1) is 19.3. The maximum atomic E-state index is 14.0. The molecule has 2 aromatic rings. The van der Waals surface area contributed by atoms with Crippen LogP contribution in [-0.4, -0.2) is 52.9 Å². The monoisotopic (exact) mass is 386 g/mol. The van der Waals surface area contributed by atoms with Gasteiger partial charge in [-0.15, -0.1) is 0 Å². The lowest BCUT2D eigenvalue weighted by atomic mass is 10.2. The second-order valence-electron chi connectivity index (χ2n) is 6.10. The van der Waals surface area contributed by atoms with Crippen molar-refractivity contribution in [2.75, 3.05) is 26.2 Å². The second-order valence-corrected chi connectivity index (χ2v) is 6.10. The fourth-order valence-electron chi connectivity index (χ4n) is 2.98. The second kappa shape index (κ2) is 7.65. The molecule has 1 aliphatic rings. The van der Waals surface area contributed by atoms with E-state index in [9.17, 15) is 22.4 Å². The lowest BCUT2D eigenvalue weighted by Gasteiger charge is -2.23. The summed E-state index contributed by atoms with van der Waals surface area (Å²) in [4.78, 5) is 14.1. The molecule has 0 saturated carbocycles. The van der Waals surface area contributed by atoms with Gasteiger partial charge in [-0.1, -0.05) is 12.1 Å². The summed E-state index contributed by atoms with van der Waals surface area (Å²) in [6.45, 7) is 0.825. The van der Waals surface area contributed by atoms with Crippen LogP contribution in [0.4, 0.5) is 17.6 Å². The number of rotatable bonds is 3. The summed E-state index contributed by atoms with van der Waals surface area (Å²) >= 11 is 0. The van der Waals surface area contributed by atoms with Gasteiger partial charge in [0.25, 0.3) is 5.91 Å². The van der Waals surface area contributed by atoms with E-state index in [2.05, 4.69) is 5.10 Å². The van der Waals surface area contributed by atoms with Crippen molar-refractivity contribution >= 4 is 5.91 Å². The van der Waals surface area contributed by atoms with Crippen LogP contribution in [0, 0.1) is 5.82 Å². The van der Waals surface area contributed by atoms with Crippen molar-refractivity contribution < 1.29 is 27.1 Å². The summed E-state index contributed by atoms with van der Waals surface area (Å²) in [6, 6.07) is 4.93. The van der Waals surface area contributed by atoms with Crippen LogP contribution in [0.1, 0.15) is 22.5 Å². The Morgan fingerprint density at radius 2 is 2.07 bits per heavy atom. The Kier molecular flexibility index (Phi) is 5.47. The minimum atomic E-state index is -4.90. The standard InChI is InChI=1S/C17H18F4N4O2/c18-13-4-1-2-5-14(13)25-15(17(19,20)21)12(9-23-25)16(26)24-6-3-7-27-11(8-22)10-24/h1-2,4-5,9,11H,3,6-8,10,22H2. The fraction of sp³-hybridized carbons (Fsp3) is 0.412. The molecule has 0 aliphatic carbocycles. The maximum Gasteiger partial charge on any atom is 0.434 e. The third-order valence-electron chi connectivity index (χ3n) is 4.25. The minimum Gasteiger partial charge on any atom is -0.375 e. The highest BCUT2D eigenvalue weighted by atomic mass is 19.4. The number of hydrogen-bond donors (Lipinski definition) is 1. The predicted octanol–water partition coefficient (Wildman–Crippen LogP) is 2.22. The van der Waals surface area contributed by atoms with Gasteiger partial charge in [0.15, 0.2) is 5.69 Å². The quantitative estimate of drug-likeness (QED) is 0.821. The smallest absolute Gasteiger partial charge is 0.375 e. The van der Waals surface area contributed by atoms with Gasteiger partial charge in [0.05, 0.1) is 17.9 Å². The number of halogens is 4. The molecule has 3 rings (SSSR count). The molecule has 2 N–H and O–H groups in total. The van der Waals surface area contributed by atoms with E-state index < -0.39 is 35.3 Å². The van der Waals surface area contributed by atoms with Crippen LogP contribution in [-0.2, 0) is 10.9 Å². The van der Waals surface area contributed by atoms with Crippen molar-refractivity contribution in [2.45, 2.75) is 18.7 Å². The number of benzene rings is 1. The molecule has 1 saturated heterocycles. The first-order valence-corrected chi connectivity index (χ1v) is 8.34. The van der Waals surface area contributed by atoms with Crippen LogP contribution in [0.25, 0.3) is 5.69 Å². The number of para-hydroxylation sites is 1. The molecular weight excluding hydrogens is 368 g/mol. The molecule has 0 bridgehead atoms. The molecule has 1 amide bonds. The van der Waals surface area contributed by atoms with Crippen LogP contribution < -0.4 is 5.73 Å². The summed E-state index contributed by atoms with van der Waals surface area (Å²) in [5, 5.41) is 3.65. The third-order valence-corrected chi connectivity index (χ3v) is 4.25. The lowest BCUT2D eigenvalue weighted by Crippen LogP contribution is -2.40. The normalized spacial score (nSPS) is 18.4. The predicted molar refractivity (Wildman–Crippen MR) is 87.8 cm³/mol. The maximum absolute atomic E-state index is 14.0. The summed E-state index contributed by atoms with van der Waals surface area (Å²) < 4.78 is 61.0. The molecule has 146 valence electrons. The Morgan fingerprint density at radius 1 is 1.33 bits per heavy atom. The molecule has 1 unspecified atom stereocenters. The van der Waals surface area contributed by atoms with E-state index in [4.69, 9.17) is 10.5 Å². The molecule has 0 radical (unpaired) electrons. The van der Waals surface area contributed by atoms with Gasteiger partial charge < -0.3 is 15.4 Å². The van der Waals surface area contributed by atoms with Crippen molar-refractivity contribution in [1.82, 2.24) is 14.7 Å². The number of ether oxygens (including phenoxy) is 1. The Morgan fingerprint density at radius 3 is 2.74 bits per heavy atom. The average molecular weight is 386 g/mol. The molecule has 1 aromatic carbocycles.